The molecule has 124 valence electrons. The average Bonchev–Trinajstić information content (AvgIpc) is 2.94. The molecule has 0 atom stereocenters. The van der Waals surface area contributed by atoms with E-state index in [1.807, 2.05) is 19.9 Å². The van der Waals surface area contributed by atoms with Gasteiger partial charge in [-0.25, -0.2) is 0 Å². The summed E-state index contributed by atoms with van der Waals surface area (Å²) in [6, 6.07) is 5.53. The van der Waals surface area contributed by atoms with Crippen LogP contribution in [0.2, 0.25) is 0 Å². The molecule has 23 heavy (non-hydrogen) atoms. The molecule has 0 aliphatic heterocycles. The Balaban J connectivity index is 2.32. The molecular weight excluding hydrogens is 336 g/mol. The highest BCUT2D eigenvalue weighted by molar-refractivity contribution is 7.94. The summed E-state index contributed by atoms with van der Waals surface area (Å²) in [5.74, 6) is -0.243. The number of hydrogen-bond acceptors (Lipinski definition) is 6. The Kier molecular flexibility index (Phi) is 5.00. The number of carbonyl (C=O) groups is 1. The van der Waals surface area contributed by atoms with Gasteiger partial charge in [0.25, 0.3) is 14.4 Å². The van der Waals surface area contributed by atoms with Crippen LogP contribution in [0.1, 0.15) is 24.5 Å². The summed E-state index contributed by atoms with van der Waals surface area (Å²) < 4.78 is 26.3. The summed E-state index contributed by atoms with van der Waals surface area (Å²) in [7, 11) is -2.35. The van der Waals surface area contributed by atoms with Crippen molar-refractivity contribution in [3.63, 3.8) is 0 Å². The fraction of sp³-hybridized carbons (Fsp3) is 0.357. The SMILES string of the molecule is CCC(=O)Nc1nnc(S(=O)(=O)N(C)c2cc(C)cc(C)c2)s1. The molecule has 0 unspecified atom stereocenters. The van der Waals surface area contributed by atoms with Crippen molar-refractivity contribution >= 4 is 38.1 Å². The van der Waals surface area contributed by atoms with Gasteiger partial charge in [0.1, 0.15) is 0 Å². The standard InChI is InChI=1S/C14H18N4O3S2/c1-5-12(19)15-13-16-17-14(22-13)23(20,21)18(4)11-7-9(2)6-10(3)8-11/h6-8H,5H2,1-4H3,(H,15,16,19). The normalized spacial score (nSPS) is 11.3. The third-order valence-electron chi connectivity index (χ3n) is 3.13. The molecule has 0 radical (unpaired) electrons. The Labute approximate surface area is 139 Å². The van der Waals surface area contributed by atoms with Gasteiger partial charge in [0.2, 0.25) is 11.0 Å². The summed E-state index contributed by atoms with van der Waals surface area (Å²) in [5, 5.41) is 10.1. The number of nitrogens with one attached hydrogen (secondary N) is 1. The Morgan fingerprint density at radius 2 is 1.83 bits per heavy atom. The van der Waals surface area contributed by atoms with Crippen molar-refractivity contribution in [3.8, 4) is 0 Å². The summed E-state index contributed by atoms with van der Waals surface area (Å²) in [4.78, 5) is 11.3. The van der Waals surface area contributed by atoms with Gasteiger partial charge in [0, 0.05) is 13.5 Å². The van der Waals surface area contributed by atoms with Crippen LogP contribution in [-0.4, -0.2) is 31.6 Å². The predicted molar refractivity (Wildman–Crippen MR) is 90.3 cm³/mol. The fourth-order valence-electron chi connectivity index (χ4n) is 1.96. The summed E-state index contributed by atoms with van der Waals surface area (Å²) >= 11 is 0.831. The van der Waals surface area contributed by atoms with E-state index in [2.05, 4.69) is 15.5 Å². The van der Waals surface area contributed by atoms with E-state index in [0.29, 0.717) is 5.69 Å². The maximum Gasteiger partial charge on any atom is 0.293 e. The smallest absolute Gasteiger partial charge is 0.293 e. The van der Waals surface area contributed by atoms with E-state index in [9.17, 15) is 13.2 Å². The number of anilines is 2. The number of aromatic nitrogens is 2. The molecule has 0 saturated carbocycles. The van der Waals surface area contributed by atoms with E-state index in [0.717, 1.165) is 22.5 Å². The molecule has 0 aliphatic carbocycles. The van der Waals surface area contributed by atoms with E-state index in [4.69, 9.17) is 0 Å². The Morgan fingerprint density at radius 3 is 2.39 bits per heavy atom. The number of nitrogens with zero attached hydrogens (tertiary/aromatic N) is 3. The van der Waals surface area contributed by atoms with Crippen LogP contribution < -0.4 is 9.62 Å². The maximum absolute atomic E-state index is 12.6. The molecule has 0 saturated heterocycles. The van der Waals surface area contributed by atoms with Gasteiger partial charge in [-0.15, -0.1) is 10.2 Å². The minimum absolute atomic E-state index is 0.162. The number of carbonyl (C=O) groups excluding carboxylic acids is 1. The molecule has 9 heteroatoms. The monoisotopic (exact) mass is 354 g/mol. The van der Waals surface area contributed by atoms with Gasteiger partial charge >= 0.3 is 0 Å². The van der Waals surface area contributed by atoms with Gasteiger partial charge in [-0.1, -0.05) is 24.3 Å². The molecule has 1 N–H and O–H groups in total. The maximum atomic E-state index is 12.6. The molecule has 1 heterocycles. The molecule has 0 bridgehead atoms. The topological polar surface area (TPSA) is 92.3 Å². The Bertz CT molecular complexity index is 810. The molecule has 7 nitrogen and oxygen atoms in total. The minimum Gasteiger partial charge on any atom is -0.301 e. The van der Waals surface area contributed by atoms with Crippen molar-refractivity contribution in [2.24, 2.45) is 0 Å². The number of aryl methyl sites for hydroxylation is 2. The zero-order chi connectivity index (χ0) is 17.2. The molecular formula is C14H18N4O3S2. The first-order chi connectivity index (χ1) is 10.7. The highest BCUT2D eigenvalue weighted by atomic mass is 32.2. The van der Waals surface area contributed by atoms with Gasteiger partial charge in [0.15, 0.2) is 0 Å². The lowest BCUT2D eigenvalue weighted by atomic mass is 10.1. The van der Waals surface area contributed by atoms with E-state index >= 15 is 0 Å². The lowest BCUT2D eigenvalue weighted by Crippen LogP contribution is -2.26. The lowest BCUT2D eigenvalue weighted by molar-refractivity contribution is -0.115. The number of rotatable bonds is 5. The molecule has 0 spiro atoms. The third-order valence-corrected chi connectivity index (χ3v) is 6.10. The van der Waals surface area contributed by atoms with Crippen molar-refractivity contribution in [2.45, 2.75) is 31.5 Å². The number of benzene rings is 1. The summed E-state index contributed by atoms with van der Waals surface area (Å²) in [5.41, 5.74) is 2.49. The number of amides is 1. The van der Waals surface area contributed by atoms with Gasteiger partial charge in [-0.3, -0.25) is 9.10 Å². The molecule has 2 rings (SSSR count). The summed E-state index contributed by atoms with van der Waals surface area (Å²) in [6.07, 6.45) is 0.282. The second-order valence-corrected chi connectivity index (χ2v) is 8.21. The van der Waals surface area contributed by atoms with Gasteiger partial charge in [-0.2, -0.15) is 8.42 Å². The quantitative estimate of drug-likeness (QED) is 0.832. The Morgan fingerprint density at radius 1 is 1.22 bits per heavy atom. The van der Waals surface area contributed by atoms with Crippen LogP contribution in [-0.2, 0) is 14.8 Å². The first-order valence-corrected chi connectivity index (χ1v) is 9.20. The predicted octanol–water partition coefficient (Wildman–Crippen LogP) is 2.33. The van der Waals surface area contributed by atoms with Gasteiger partial charge in [-0.05, 0) is 37.1 Å². The molecule has 2 aromatic rings. The van der Waals surface area contributed by atoms with E-state index in [1.54, 1.807) is 19.1 Å². The first kappa shape index (κ1) is 17.4. The van der Waals surface area contributed by atoms with Gasteiger partial charge in [0.05, 0.1) is 5.69 Å². The zero-order valence-electron chi connectivity index (χ0n) is 13.3. The van der Waals surface area contributed by atoms with Crippen molar-refractivity contribution in [1.29, 1.82) is 0 Å². The largest absolute Gasteiger partial charge is 0.301 e. The first-order valence-electron chi connectivity index (χ1n) is 6.94. The molecule has 1 amide bonds. The molecule has 0 aliphatic rings. The van der Waals surface area contributed by atoms with Crippen LogP contribution in [0, 0.1) is 13.8 Å². The van der Waals surface area contributed by atoms with E-state index in [1.165, 1.54) is 11.4 Å². The van der Waals surface area contributed by atoms with Crippen molar-refractivity contribution in [2.75, 3.05) is 16.7 Å². The molecule has 1 aromatic carbocycles. The van der Waals surface area contributed by atoms with Crippen molar-refractivity contribution in [1.82, 2.24) is 10.2 Å². The summed E-state index contributed by atoms with van der Waals surface area (Å²) in [6.45, 7) is 5.50. The van der Waals surface area contributed by atoms with Crippen LogP contribution in [0.3, 0.4) is 0 Å². The van der Waals surface area contributed by atoms with E-state index in [-0.39, 0.29) is 21.8 Å². The van der Waals surface area contributed by atoms with Crippen LogP contribution in [0.5, 0.6) is 0 Å². The molecule has 0 fully saturated rings. The average molecular weight is 354 g/mol. The fourth-order valence-corrected chi connectivity index (χ4v) is 4.21. The number of hydrogen-bond donors (Lipinski definition) is 1. The Hall–Kier alpha value is -2.00. The van der Waals surface area contributed by atoms with Gasteiger partial charge < -0.3 is 5.32 Å². The second-order valence-electron chi connectivity index (χ2n) is 5.09. The van der Waals surface area contributed by atoms with Crippen molar-refractivity contribution < 1.29 is 13.2 Å². The highest BCUT2D eigenvalue weighted by Gasteiger charge is 2.26. The molecule has 1 aromatic heterocycles. The third kappa shape index (κ3) is 3.85. The second kappa shape index (κ2) is 6.63. The van der Waals surface area contributed by atoms with Crippen LogP contribution in [0.15, 0.2) is 22.5 Å². The lowest BCUT2D eigenvalue weighted by Gasteiger charge is -2.18. The number of sulfonamides is 1. The van der Waals surface area contributed by atoms with Crippen LogP contribution in [0.4, 0.5) is 10.8 Å². The van der Waals surface area contributed by atoms with E-state index < -0.39 is 10.0 Å². The highest BCUT2D eigenvalue weighted by Crippen LogP contribution is 2.27. The van der Waals surface area contributed by atoms with Crippen molar-refractivity contribution in [3.05, 3.63) is 29.3 Å². The minimum atomic E-state index is -3.82. The zero-order valence-corrected chi connectivity index (χ0v) is 15.0. The van der Waals surface area contributed by atoms with Crippen LogP contribution >= 0.6 is 11.3 Å². The van der Waals surface area contributed by atoms with Crippen LogP contribution in [0.25, 0.3) is 0 Å².